The number of aryl methyl sites for hydroxylation is 1. The Kier molecular flexibility index (Phi) is 2.39. The number of ketones is 1. The molecule has 0 aliphatic carbocycles. The molecule has 1 aromatic rings. The average molecular weight is 206 g/mol. The molecule has 0 saturated heterocycles. The molecular formula is C12H14O3. The van der Waals surface area contributed by atoms with Crippen molar-refractivity contribution in [2.45, 2.75) is 20.8 Å². The highest BCUT2D eigenvalue weighted by Gasteiger charge is 2.22. The van der Waals surface area contributed by atoms with Crippen LogP contribution in [-0.2, 0) is 0 Å². The van der Waals surface area contributed by atoms with Crippen molar-refractivity contribution in [3.8, 4) is 11.5 Å². The fourth-order valence-electron chi connectivity index (χ4n) is 1.83. The summed E-state index contributed by atoms with van der Waals surface area (Å²) in [6.45, 7) is 6.52. The lowest BCUT2D eigenvalue weighted by molar-refractivity contribution is 0.100. The molecule has 0 saturated carbocycles. The number of rotatable bonds is 1. The molecule has 2 rings (SSSR count). The van der Waals surface area contributed by atoms with Crippen LogP contribution in [0.3, 0.4) is 0 Å². The maximum atomic E-state index is 11.6. The van der Waals surface area contributed by atoms with Crippen molar-refractivity contribution in [3.63, 3.8) is 0 Å². The van der Waals surface area contributed by atoms with Crippen molar-refractivity contribution < 1.29 is 14.3 Å². The first kappa shape index (κ1) is 10.0. The van der Waals surface area contributed by atoms with Gasteiger partial charge in [0.2, 0.25) is 0 Å². The van der Waals surface area contributed by atoms with Crippen LogP contribution in [-0.4, -0.2) is 19.0 Å². The lowest BCUT2D eigenvalue weighted by Crippen LogP contribution is -2.18. The molecule has 80 valence electrons. The first-order chi connectivity index (χ1) is 7.11. The third kappa shape index (κ3) is 1.58. The van der Waals surface area contributed by atoms with Crippen molar-refractivity contribution in [3.05, 3.63) is 22.8 Å². The summed E-state index contributed by atoms with van der Waals surface area (Å²) < 4.78 is 11.0. The van der Waals surface area contributed by atoms with Gasteiger partial charge in [-0.25, -0.2) is 0 Å². The standard InChI is InChI=1S/C12H14O3/c1-7-6-10-12(15-5-4-14-10)11(8(7)2)9(3)13/h6H,4-5H2,1-3H3. The van der Waals surface area contributed by atoms with Crippen molar-refractivity contribution in [1.82, 2.24) is 0 Å². The molecule has 0 unspecified atom stereocenters. The van der Waals surface area contributed by atoms with E-state index in [-0.39, 0.29) is 5.78 Å². The van der Waals surface area contributed by atoms with Gasteiger partial charge in [-0.1, -0.05) is 0 Å². The molecule has 1 aromatic carbocycles. The van der Waals surface area contributed by atoms with E-state index in [1.54, 1.807) is 6.92 Å². The predicted octanol–water partition coefficient (Wildman–Crippen LogP) is 2.28. The minimum absolute atomic E-state index is 0.0259. The number of fused-ring (bicyclic) bond motifs is 1. The summed E-state index contributed by atoms with van der Waals surface area (Å²) in [6, 6.07) is 1.93. The van der Waals surface area contributed by atoms with Crippen LogP contribution in [0.2, 0.25) is 0 Å². The molecule has 0 radical (unpaired) electrons. The molecule has 0 atom stereocenters. The van der Waals surface area contributed by atoms with Gasteiger partial charge in [-0.15, -0.1) is 0 Å². The topological polar surface area (TPSA) is 35.5 Å². The third-order valence-electron chi connectivity index (χ3n) is 2.70. The summed E-state index contributed by atoms with van der Waals surface area (Å²) in [4.78, 5) is 11.6. The largest absolute Gasteiger partial charge is 0.486 e. The SMILES string of the molecule is CC(=O)c1c(C)c(C)cc2c1OCCO2. The Bertz CT molecular complexity index is 421. The molecule has 1 aliphatic heterocycles. The number of hydrogen-bond donors (Lipinski definition) is 0. The first-order valence-corrected chi connectivity index (χ1v) is 5.02. The van der Waals surface area contributed by atoms with Crippen LogP contribution in [0.5, 0.6) is 11.5 Å². The molecule has 0 fully saturated rings. The van der Waals surface area contributed by atoms with E-state index in [2.05, 4.69) is 0 Å². The van der Waals surface area contributed by atoms with Gasteiger partial charge in [0.15, 0.2) is 17.3 Å². The van der Waals surface area contributed by atoms with Crippen molar-refractivity contribution in [2.24, 2.45) is 0 Å². The molecule has 15 heavy (non-hydrogen) atoms. The van der Waals surface area contributed by atoms with Gasteiger partial charge in [0.25, 0.3) is 0 Å². The van der Waals surface area contributed by atoms with Crippen LogP contribution >= 0.6 is 0 Å². The number of Topliss-reactive ketones (excluding diaryl/α,β-unsaturated/α-hetero) is 1. The summed E-state index contributed by atoms with van der Waals surface area (Å²) in [5.74, 6) is 1.32. The molecule has 0 amide bonds. The van der Waals surface area contributed by atoms with Crippen molar-refractivity contribution in [2.75, 3.05) is 13.2 Å². The van der Waals surface area contributed by atoms with Gasteiger partial charge in [0.05, 0.1) is 5.56 Å². The first-order valence-electron chi connectivity index (χ1n) is 5.02. The van der Waals surface area contributed by atoms with Gasteiger partial charge in [0.1, 0.15) is 13.2 Å². The highest BCUT2D eigenvalue weighted by Crippen LogP contribution is 2.37. The maximum Gasteiger partial charge on any atom is 0.172 e. The maximum absolute atomic E-state index is 11.6. The van der Waals surface area contributed by atoms with Crippen LogP contribution in [0.25, 0.3) is 0 Å². The quantitative estimate of drug-likeness (QED) is 0.661. The van der Waals surface area contributed by atoms with Crippen molar-refractivity contribution >= 4 is 5.78 Å². The number of hydrogen-bond acceptors (Lipinski definition) is 3. The van der Waals surface area contributed by atoms with E-state index in [9.17, 15) is 4.79 Å². The second-order valence-corrected chi connectivity index (χ2v) is 3.77. The Morgan fingerprint density at radius 2 is 1.93 bits per heavy atom. The van der Waals surface area contributed by atoms with Gasteiger partial charge in [-0.2, -0.15) is 0 Å². The Labute approximate surface area is 89.0 Å². The molecule has 3 heteroatoms. The highest BCUT2D eigenvalue weighted by atomic mass is 16.6. The minimum atomic E-state index is 0.0259. The Morgan fingerprint density at radius 1 is 1.27 bits per heavy atom. The summed E-state index contributed by atoms with van der Waals surface area (Å²) in [7, 11) is 0. The molecule has 0 spiro atoms. The number of carbonyl (C=O) groups is 1. The van der Waals surface area contributed by atoms with Crippen LogP contribution in [0.4, 0.5) is 0 Å². The molecular weight excluding hydrogens is 192 g/mol. The fraction of sp³-hybridized carbons (Fsp3) is 0.417. The zero-order chi connectivity index (χ0) is 11.0. The summed E-state index contributed by atoms with van der Waals surface area (Å²) in [5.41, 5.74) is 2.70. The van der Waals surface area contributed by atoms with Crippen molar-refractivity contribution in [1.29, 1.82) is 0 Å². The van der Waals surface area contributed by atoms with E-state index in [4.69, 9.17) is 9.47 Å². The zero-order valence-electron chi connectivity index (χ0n) is 9.22. The lowest BCUT2D eigenvalue weighted by Gasteiger charge is -2.22. The van der Waals surface area contributed by atoms with Gasteiger partial charge in [-0.3, -0.25) is 4.79 Å². The Hall–Kier alpha value is -1.51. The third-order valence-corrected chi connectivity index (χ3v) is 2.70. The van der Waals surface area contributed by atoms with E-state index in [1.165, 1.54) is 0 Å². The monoisotopic (exact) mass is 206 g/mol. The zero-order valence-corrected chi connectivity index (χ0v) is 9.22. The second-order valence-electron chi connectivity index (χ2n) is 3.77. The molecule has 1 heterocycles. The lowest BCUT2D eigenvalue weighted by atomic mass is 9.98. The van der Waals surface area contributed by atoms with E-state index in [1.807, 2.05) is 19.9 Å². The van der Waals surface area contributed by atoms with E-state index in [0.29, 0.717) is 30.3 Å². The fourth-order valence-corrected chi connectivity index (χ4v) is 1.83. The Balaban J connectivity index is 2.68. The molecule has 0 bridgehead atoms. The summed E-state index contributed by atoms with van der Waals surface area (Å²) >= 11 is 0. The highest BCUT2D eigenvalue weighted by molar-refractivity contribution is 5.99. The number of carbonyl (C=O) groups excluding carboxylic acids is 1. The number of benzene rings is 1. The van der Waals surface area contributed by atoms with E-state index < -0.39 is 0 Å². The number of ether oxygens (including phenoxy) is 2. The van der Waals surface area contributed by atoms with Gasteiger partial charge in [-0.05, 0) is 38.0 Å². The van der Waals surface area contributed by atoms with Crippen LogP contribution < -0.4 is 9.47 Å². The van der Waals surface area contributed by atoms with Gasteiger partial charge in [0, 0.05) is 0 Å². The smallest absolute Gasteiger partial charge is 0.172 e. The average Bonchev–Trinajstić information content (AvgIpc) is 2.19. The van der Waals surface area contributed by atoms with Gasteiger partial charge >= 0.3 is 0 Å². The molecule has 0 aromatic heterocycles. The summed E-state index contributed by atoms with van der Waals surface area (Å²) in [5, 5.41) is 0. The molecule has 0 N–H and O–H groups in total. The predicted molar refractivity (Wildman–Crippen MR) is 56.9 cm³/mol. The minimum Gasteiger partial charge on any atom is -0.486 e. The molecule has 1 aliphatic rings. The Morgan fingerprint density at radius 3 is 2.60 bits per heavy atom. The van der Waals surface area contributed by atoms with Gasteiger partial charge < -0.3 is 9.47 Å². The normalized spacial score (nSPS) is 13.8. The summed E-state index contributed by atoms with van der Waals surface area (Å²) in [6.07, 6.45) is 0. The van der Waals surface area contributed by atoms with E-state index in [0.717, 1.165) is 11.1 Å². The van der Waals surface area contributed by atoms with Crippen LogP contribution in [0.1, 0.15) is 28.4 Å². The van der Waals surface area contributed by atoms with E-state index >= 15 is 0 Å². The molecule has 3 nitrogen and oxygen atoms in total. The second kappa shape index (κ2) is 3.57. The van der Waals surface area contributed by atoms with Crippen LogP contribution in [0.15, 0.2) is 6.07 Å². The van der Waals surface area contributed by atoms with Crippen LogP contribution in [0, 0.1) is 13.8 Å².